The molecule has 1 aromatic carbocycles. The summed E-state index contributed by atoms with van der Waals surface area (Å²) in [6.45, 7) is 3.59. The van der Waals surface area contributed by atoms with Crippen molar-refractivity contribution in [1.29, 1.82) is 0 Å². The topological polar surface area (TPSA) is 121 Å². The number of morpholine rings is 2. The average Bonchev–Trinajstić information content (AvgIpc) is 2.80. The third-order valence-corrected chi connectivity index (χ3v) is 7.12. The standard InChI is InChI=1S/C20H24N4O6S/c25-19-4-1-15(14-21-19)20(26)22-17-13-16(31(27,28)24-7-11-30-12-8-24)2-3-18(17)23-5-9-29-10-6-23/h1-4,13-14H,5-12H2,(H,21,25)(H,22,26). The van der Waals surface area contributed by atoms with Gasteiger partial charge in [0.2, 0.25) is 15.6 Å². The molecule has 3 heterocycles. The molecular weight excluding hydrogens is 424 g/mol. The lowest BCUT2D eigenvalue weighted by Crippen LogP contribution is -2.40. The van der Waals surface area contributed by atoms with Crippen molar-refractivity contribution in [2.75, 3.05) is 62.8 Å². The van der Waals surface area contributed by atoms with Crippen molar-refractivity contribution >= 4 is 27.3 Å². The van der Waals surface area contributed by atoms with E-state index in [1.807, 2.05) is 4.90 Å². The minimum atomic E-state index is -3.73. The fourth-order valence-corrected chi connectivity index (χ4v) is 4.97. The van der Waals surface area contributed by atoms with Crippen molar-refractivity contribution in [2.45, 2.75) is 4.90 Å². The number of benzene rings is 1. The van der Waals surface area contributed by atoms with Crippen molar-refractivity contribution < 1.29 is 22.7 Å². The van der Waals surface area contributed by atoms with Crippen LogP contribution in [0.5, 0.6) is 0 Å². The highest BCUT2D eigenvalue weighted by Gasteiger charge is 2.28. The van der Waals surface area contributed by atoms with E-state index in [9.17, 15) is 18.0 Å². The van der Waals surface area contributed by atoms with E-state index in [-0.39, 0.29) is 29.1 Å². The lowest BCUT2D eigenvalue weighted by molar-refractivity contribution is 0.0730. The Morgan fingerprint density at radius 3 is 2.29 bits per heavy atom. The van der Waals surface area contributed by atoms with Gasteiger partial charge in [-0.15, -0.1) is 0 Å². The molecule has 0 bridgehead atoms. The van der Waals surface area contributed by atoms with Crippen LogP contribution in [0.4, 0.5) is 11.4 Å². The van der Waals surface area contributed by atoms with Crippen LogP contribution in [0.2, 0.25) is 0 Å². The van der Waals surface area contributed by atoms with Gasteiger partial charge < -0.3 is 24.7 Å². The Morgan fingerprint density at radius 1 is 0.968 bits per heavy atom. The quantitative estimate of drug-likeness (QED) is 0.683. The van der Waals surface area contributed by atoms with Gasteiger partial charge in [-0.3, -0.25) is 9.59 Å². The number of hydrogen-bond donors (Lipinski definition) is 2. The maximum Gasteiger partial charge on any atom is 0.257 e. The van der Waals surface area contributed by atoms with E-state index in [0.717, 1.165) is 0 Å². The predicted molar refractivity (Wildman–Crippen MR) is 114 cm³/mol. The fraction of sp³-hybridized carbons (Fsp3) is 0.400. The van der Waals surface area contributed by atoms with Gasteiger partial charge in [0, 0.05) is 38.4 Å². The Hall–Kier alpha value is -2.73. The smallest absolute Gasteiger partial charge is 0.257 e. The summed E-state index contributed by atoms with van der Waals surface area (Å²) in [5.74, 6) is -0.452. The van der Waals surface area contributed by atoms with E-state index in [4.69, 9.17) is 9.47 Å². The number of rotatable bonds is 5. The number of carbonyl (C=O) groups is 1. The average molecular weight is 449 g/mol. The number of sulfonamides is 1. The summed E-state index contributed by atoms with van der Waals surface area (Å²) in [5.41, 5.74) is 1.03. The summed E-state index contributed by atoms with van der Waals surface area (Å²) >= 11 is 0. The van der Waals surface area contributed by atoms with Gasteiger partial charge in [0.1, 0.15) is 0 Å². The Labute approximate surface area is 179 Å². The van der Waals surface area contributed by atoms with Crippen LogP contribution in [0.15, 0.2) is 46.2 Å². The number of carbonyl (C=O) groups excluding carboxylic acids is 1. The van der Waals surface area contributed by atoms with Gasteiger partial charge >= 0.3 is 0 Å². The molecule has 31 heavy (non-hydrogen) atoms. The van der Waals surface area contributed by atoms with Crippen LogP contribution in [-0.4, -0.2) is 76.2 Å². The second-order valence-electron chi connectivity index (χ2n) is 7.19. The largest absolute Gasteiger partial charge is 0.379 e. The van der Waals surface area contributed by atoms with Crippen molar-refractivity contribution in [3.63, 3.8) is 0 Å². The van der Waals surface area contributed by atoms with Gasteiger partial charge in [-0.25, -0.2) is 8.42 Å². The molecule has 2 aliphatic rings. The van der Waals surface area contributed by atoms with Gasteiger partial charge in [-0.05, 0) is 24.3 Å². The molecule has 4 rings (SSSR count). The fourth-order valence-electron chi connectivity index (χ4n) is 3.54. The van der Waals surface area contributed by atoms with Crippen LogP contribution >= 0.6 is 0 Å². The van der Waals surface area contributed by atoms with E-state index in [1.165, 1.54) is 28.7 Å². The summed E-state index contributed by atoms with van der Waals surface area (Å²) in [7, 11) is -3.73. The first-order chi connectivity index (χ1) is 14.9. The maximum absolute atomic E-state index is 13.1. The zero-order valence-electron chi connectivity index (χ0n) is 16.9. The summed E-state index contributed by atoms with van der Waals surface area (Å²) in [4.78, 5) is 28.7. The summed E-state index contributed by atoms with van der Waals surface area (Å²) in [6.07, 6.45) is 1.32. The van der Waals surface area contributed by atoms with Crippen LogP contribution in [0.25, 0.3) is 0 Å². The number of hydrogen-bond acceptors (Lipinski definition) is 7. The molecule has 0 radical (unpaired) electrons. The highest BCUT2D eigenvalue weighted by Crippen LogP contribution is 2.31. The van der Waals surface area contributed by atoms with Crippen LogP contribution in [0.3, 0.4) is 0 Å². The Kier molecular flexibility index (Phi) is 6.37. The second kappa shape index (κ2) is 9.18. The van der Waals surface area contributed by atoms with Crippen molar-refractivity contribution in [3.8, 4) is 0 Å². The molecule has 2 saturated heterocycles. The molecule has 10 nitrogen and oxygen atoms in total. The molecule has 166 valence electrons. The lowest BCUT2D eigenvalue weighted by Gasteiger charge is -2.31. The number of H-pyrrole nitrogens is 1. The first kappa shape index (κ1) is 21.5. The molecule has 0 unspecified atom stereocenters. The predicted octanol–water partition coefficient (Wildman–Crippen LogP) is 0.485. The molecule has 0 atom stereocenters. The summed E-state index contributed by atoms with van der Waals surface area (Å²) in [6, 6.07) is 7.43. The van der Waals surface area contributed by atoms with E-state index < -0.39 is 15.9 Å². The molecule has 0 aliphatic carbocycles. The Morgan fingerprint density at radius 2 is 1.65 bits per heavy atom. The zero-order valence-corrected chi connectivity index (χ0v) is 17.7. The van der Waals surface area contributed by atoms with Crippen molar-refractivity contribution in [1.82, 2.24) is 9.29 Å². The van der Waals surface area contributed by atoms with Crippen LogP contribution in [-0.2, 0) is 19.5 Å². The number of nitrogens with one attached hydrogen (secondary N) is 2. The van der Waals surface area contributed by atoms with E-state index >= 15 is 0 Å². The SMILES string of the molecule is O=C(Nc1cc(S(=O)(=O)N2CCOCC2)ccc1N1CCOCC1)c1ccc(=O)[nH]c1. The highest BCUT2D eigenvalue weighted by molar-refractivity contribution is 7.89. The third kappa shape index (κ3) is 4.79. The van der Waals surface area contributed by atoms with Gasteiger partial charge in [0.25, 0.3) is 5.91 Å². The first-order valence-corrected chi connectivity index (χ1v) is 11.4. The molecule has 0 saturated carbocycles. The number of nitrogens with zero attached hydrogens (tertiary/aromatic N) is 2. The van der Waals surface area contributed by atoms with Gasteiger partial charge in [0.15, 0.2) is 0 Å². The minimum Gasteiger partial charge on any atom is -0.379 e. The van der Waals surface area contributed by atoms with Gasteiger partial charge in [-0.1, -0.05) is 0 Å². The number of anilines is 2. The zero-order chi connectivity index (χ0) is 21.8. The molecule has 11 heteroatoms. The lowest BCUT2D eigenvalue weighted by atomic mass is 10.2. The second-order valence-corrected chi connectivity index (χ2v) is 9.13. The molecule has 1 aromatic heterocycles. The van der Waals surface area contributed by atoms with Crippen LogP contribution in [0, 0.1) is 0 Å². The van der Waals surface area contributed by atoms with E-state index in [1.54, 1.807) is 12.1 Å². The monoisotopic (exact) mass is 448 g/mol. The number of aromatic amines is 1. The number of ether oxygens (including phenoxy) is 2. The highest BCUT2D eigenvalue weighted by atomic mass is 32.2. The molecule has 2 N–H and O–H groups in total. The molecule has 2 fully saturated rings. The Balaban J connectivity index is 1.68. The number of aromatic nitrogens is 1. The van der Waals surface area contributed by atoms with Gasteiger partial charge in [-0.2, -0.15) is 4.31 Å². The Bertz CT molecular complexity index is 1080. The minimum absolute atomic E-state index is 0.100. The molecule has 2 aliphatic heterocycles. The summed E-state index contributed by atoms with van der Waals surface area (Å²) in [5, 5.41) is 2.81. The third-order valence-electron chi connectivity index (χ3n) is 5.22. The van der Waals surface area contributed by atoms with Crippen molar-refractivity contribution in [3.05, 3.63) is 52.4 Å². The summed E-state index contributed by atoms with van der Waals surface area (Å²) < 4.78 is 38.3. The maximum atomic E-state index is 13.1. The van der Waals surface area contributed by atoms with Crippen LogP contribution < -0.4 is 15.8 Å². The van der Waals surface area contributed by atoms with E-state index in [0.29, 0.717) is 50.9 Å². The molecule has 2 aromatic rings. The first-order valence-electron chi connectivity index (χ1n) is 10.00. The van der Waals surface area contributed by atoms with Gasteiger partial charge in [0.05, 0.1) is 48.3 Å². The normalized spacial score (nSPS) is 18.0. The number of pyridine rings is 1. The van der Waals surface area contributed by atoms with E-state index in [2.05, 4.69) is 10.3 Å². The number of amides is 1. The van der Waals surface area contributed by atoms with Crippen molar-refractivity contribution in [2.24, 2.45) is 0 Å². The molecule has 1 amide bonds. The van der Waals surface area contributed by atoms with Crippen LogP contribution in [0.1, 0.15) is 10.4 Å². The molecule has 0 spiro atoms. The molecular formula is C20H24N4O6S.